The quantitative estimate of drug-likeness (QED) is 0.621. The van der Waals surface area contributed by atoms with Gasteiger partial charge in [0.2, 0.25) is 0 Å². The molecule has 2 rings (SSSR count). The number of aromatic nitrogens is 2. The Morgan fingerprint density at radius 3 is 2.50 bits per heavy atom. The Hall–Kier alpha value is -1.06. The molecule has 18 heavy (non-hydrogen) atoms. The van der Waals surface area contributed by atoms with Crippen molar-refractivity contribution in [2.45, 2.75) is 30.4 Å². The molecule has 0 amide bonds. The average Bonchev–Trinajstić information content (AvgIpc) is 2.37. The molecule has 0 aliphatic rings. The summed E-state index contributed by atoms with van der Waals surface area (Å²) in [5, 5.41) is 0. The zero-order valence-corrected chi connectivity index (χ0v) is 12.1. The second-order valence-corrected chi connectivity index (χ2v) is 5.47. The Morgan fingerprint density at radius 1 is 1.11 bits per heavy atom. The summed E-state index contributed by atoms with van der Waals surface area (Å²) >= 11 is 7.55. The van der Waals surface area contributed by atoms with E-state index in [9.17, 15) is 0 Å². The summed E-state index contributed by atoms with van der Waals surface area (Å²) in [5.74, 6) is 2.05. The largest absolute Gasteiger partial charge is 0.237 e. The lowest BCUT2D eigenvalue weighted by Crippen LogP contribution is -1.98. The van der Waals surface area contributed by atoms with Gasteiger partial charge >= 0.3 is 0 Å². The lowest BCUT2D eigenvalue weighted by Gasteiger charge is -2.04. The smallest absolute Gasteiger partial charge is 0.139 e. The topological polar surface area (TPSA) is 25.8 Å². The third-order valence-electron chi connectivity index (χ3n) is 2.48. The van der Waals surface area contributed by atoms with Gasteiger partial charge in [-0.1, -0.05) is 17.7 Å². The maximum atomic E-state index is 5.81. The van der Waals surface area contributed by atoms with Crippen molar-refractivity contribution < 1.29 is 0 Å². The van der Waals surface area contributed by atoms with E-state index in [0.717, 1.165) is 23.0 Å². The third kappa shape index (κ3) is 3.72. The predicted octanol–water partition coefficient (Wildman–Crippen LogP) is 4.12. The van der Waals surface area contributed by atoms with E-state index < -0.39 is 0 Å². The molecule has 1 aromatic heterocycles. The summed E-state index contributed by atoms with van der Waals surface area (Å²) in [5.41, 5.74) is 3.14. The van der Waals surface area contributed by atoms with Crippen molar-refractivity contribution >= 4 is 23.4 Å². The number of alkyl halides is 1. The van der Waals surface area contributed by atoms with E-state index >= 15 is 0 Å². The maximum Gasteiger partial charge on any atom is 0.139 e. The van der Waals surface area contributed by atoms with Crippen molar-refractivity contribution in [3.63, 3.8) is 0 Å². The number of rotatable bonds is 4. The van der Waals surface area contributed by atoms with Crippen molar-refractivity contribution in [1.82, 2.24) is 9.97 Å². The number of aryl methyl sites for hydroxylation is 2. The predicted molar refractivity (Wildman–Crippen MR) is 77.1 cm³/mol. The van der Waals surface area contributed by atoms with Crippen LogP contribution in [0.15, 0.2) is 35.2 Å². The van der Waals surface area contributed by atoms with Crippen molar-refractivity contribution in [2.24, 2.45) is 0 Å². The molecule has 2 nitrogen and oxygen atoms in total. The maximum absolute atomic E-state index is 5.81. The SMILES string of the molecule is Cc1ccc(SCc2nc(C)cc(CCl)n2)cc1. The van der Waals surface area contributed by atoms with Gasteiger partial charge in [0.15, 0.2) is 0 Å². The molecule has 0 saturated carbocycles. The van der Waals surface area contributed by atoms with E-state index in [1.165, 1.54) is 10.5 Å². The minimum atomic E-state index is 0.436. The first kappa shape index (κ1) is 13.4. The van der Waals surface area contributed by atoms with E-state index in [4.69, 9.17) is 11.6 Å². The summed E-state index contributed by atoms with van der Waals surface area (Å²) in [6.07, 6.45) is 0. The van der Waals surface area contributed by atoms with Gasteiger partial charge in [-0.15, -0.1) is 23.4 Å². The van der Waals surface area contributed by atoms with Crippen LogP contribution in [-0.4, -0.2) is 9.97 Å². The van der Waals surface area contributed by atoms with Crippen LogP contribution < -0.4 is 0 Å². The van der Waals surface area contributed by atoms with Crippen LogP contribution in [0.2, 0.25) is 0 Å². The molecule has 0 spiro atoms. The van der Waals surface area contributed by atoms with Crippen molar-refractivity contribution in [3.8, 4) is 0 Å². The Morgan fingerprint density at radius 2 is 1.83 bits per heavy atom. The molecule has 0 bridgehead atoms. The molecule has 0 N–H and O–H groups in total. The molecule has 0 atom stereocenters. The lowest BCUT2D eigenvalue weighted by molar-refractivity contribution is 0.955. The number of halogens is 1. The Kier molecular flexibility index (Phi) is 4.61. The summed E-state index contributed by atoms with van der Waals surface area (Å²) in [6.45, 7) is 4.06. The van der Waals surface area contributed by atoms with Gasteiger partial charge in [-0.05, 0) is 32.0 Å². The molecule has 0 fully saturated rings. The lowest BCUT2D eigenvalue weighted by atomic mass is 10.2. The highest BCUT2D eigenvalue weighted by molar-refractivity contribution is 7.98. The number of nitrogens with zero attached hydrogens (tertiary/aromatic N) is 2. The third-order valence-corrected chi connectivity index (χ3v) is 3.76. The summed E-state index contributed by atoms with van der Waals surface area (Å²) in [7, 11) is 0. The zero-order valence-electron chi connectivity index (χ0n) is 10.5. The number of benzene rings is 1. The van der Waals surface area contributed by atoms with E-state index in [1.807, 2.05) is 13.0 Å². The molecule has 0 aliphatic heterocycles. The number of hydrogen-bond acceptors (Lipinski definition) is 3. The van der Waals surface area contributed by atoms with Crippen LogP contribution in [0.1, 0.15) is 22.8 Å². The second kappa shape index (κ2) is 6.21. The number of thioether (sulfide) groups is 1. The highest BCUT2D eigenvalue weighted by Gasteiger charge is 2.03. The highest BCUT2D eigenvalue weighted by atomic mass is 35.5. The van der Waals surface area contributed by atoms with Crippen LogP contribution in [-0.2, 0) is 11.6 Å². The van der Waals surface area contributed by atoms with Crippen LogP contribution in [0.3, 0.4) is 0 Å². The fraction of sp³-hybridized carbons (Fsp3) is 0.286. The van der Waals surface area contributed by atoms with Crippen LogP contribution >= 0.6 is 23.4 Å². The molecule has 0 unspecified atom stereocenters. The van der Waals surface area contributed by atoms with E-state index in [0.29, 0.717) is 5.88 Å². The van der Waals surface area contributed by atoms with Gasteiger partial charge in [-0.2, -0.15) is 0 Å². The molecule has 2 aromatic rings. The molecule has 0 radical (unpaired) electrons. The van der Waals surface area contributed by atoms with Crippen molar-refractivity contribution in [3.05, 3.63) is 53.1 Å². The summed E-state index contributed by atoms with van der Waals surface area (Å²) < 4.78 is 0. The summed E-state index contributed by atoms with van der Waals surface area (Å²) in [6, 6.07) is 10.4. The van der Waals surface area contributed by atoms with Gasteiger partial charge in [-0.25, -0.2) is 9.97 Å². The first-order valence-corrected chi connectivity index (χ1v) is 7.28. The standard InChI is InChI=1S/C14H15ClN2S/c1-10-3-5-13(6-4-10)18-9-14-16-11(2)7-12(8-15)17-14/h3-7H,8-9H2,1-2H3. The molecule has 0 saturated heterocycles. The molecule has 94 valence electrons. The fourth-order valence-electron chi connectivity index (χ4n) is 1.62. The van der Waals surface area contributed by atoms with Crippen LogP contribution in [0, 0.1) is 13.8 Å². The molecule has 1 aromatic carbocycles. The van der Waals surface area contributed by atoms with E-state index in [1.54, 1.807) is 11.8 Å². The minimum Gasteiger partial charge on any atom is -0.237 e. The normalized spacial score (nSPS) is 10.6. The average molecular weight is 279 g/mol. The Balaban J connectivity index is 2.05. The van der Waals surface area contributed by atoms with Crippen LogP contribution in [0.5, 0.6) is 0 Å². The van der Waals surface area contributed by atoms with Gasteiger partial charge in [-0.3, -0.25) is 0 Å². The van der Waals surface area contributed by atoms with Gasteiger partial charge in [0.25, 0.3) is 0 Å². The van der Waals surface area contributed by atoms with Crippen molar-refractivity contribution in [1.29, 1.82) is 0 Å². The zero-order chi connectivity index (χ0) is 13.0. The highest BCUT2D eigenvalue weighted by Crippen LogP contribution is 2.21. The van der Waals surface area contributed by atoms with Gasteiger partial charge in [0.05, 0.1) is 17.3 Å². The first-order valence-electron chi connectivity index (χ1n) is 5.76. The number of hydrogen-bond donors (Lipinski definition) is 0. The molecular formula is C14H15ClN2S. The first-order chi connectivity index (χ1) is 8.67. The fourth-order valence-corrected chi connectivity index (χ4v) is 2.51. The van der Waals surface area contributed by atoms with Crippen LogP contribution in [0.25, 0.3) is 0 Å². The van der Waals surface area contributed by atoms with Gasteiger partial charge in [0, 0.05) is 10.6 Å². The monoisotopic (exact) mass is 278 g/mol. The Labute approximate surface area is 117 Å². The van der Waals surface area contributed by atoms with Gasteiger partial charge < -0.3 is 0 Å². The van der Waals surface area contributed by atoms with Gasteiger partial charge in [0.1, 0.15) is 5.82 Å². The van der Waals surface area contributed by atoms with E-state index in [2.05, 4.69) is 41.2 Å². The molecular weight excluding hydrogens is 264 g/mol. The second-order valence-electron chi connectivity index (χ2n) is 4.15. The molecule has 1 heterocycles. The molecule has 0 aliphatic carbocycles. The minimum absolute atomic E-state index is 0.436. The Bertz CT molecular complexity index is 526. The van der Waals surface area contributed by atoms with Crippen LogP contribution in [0.4, 0.5) is 0 Å². The van der Waals surface area contributed by atoms with E-state index in [-0.39, 0.29) is 0 Å². The summed E-state index contributed by atoms with van der Waals surface area (Å²) in [4.78, 5) is 10.1. The van der Waals surface area contributed by atoms with Crippen molar-refractivity contribution in [2.75, 3.05) is 0 Å². The molecule has 4 heteroatoms.